The molecule has 3 heteroatoms. The third-order valence-corrected chi connectivity index (χ3v) is 4.04. The van der Waals surface area contributed by atoms with Crippen molar-refractivity contribution in [2.24, 2.45) is 0 Å². The summed E-state index contributed by atoms with van der Waals surface area (Å²) in [7, 11) is 0. The molecule has 1 saturated carbocycles. The van der Waals surface area contributed by atoms with Gasteiger partial charge in [-0.2, -0.15) is 0 Å². The first-order valence-electron chi connectivity index (χ1n) is 6.11. The summed E-state index contributed by atoms with van der Waals surface area (Å²) in [5.74, 6) is -0.185. The Balaban J connectivity index is 2.22. The number of anilines is 1. The molecule has 3 rings (SSSR count). The van der Waals surface area contributed by atoms with Crippen LogP contribution in [0.4, 0.5) is 5.69 Å². The fourth-order valence-corrected chi connectivity index (χ4v) is 3.29. The Bertz CT molecular complexity index is 501. The molecule has 0 saturated heterocycles. The lowest BCUT2D eigenvalue weighted by Gasteiger charge is -2.21. The van der Waals surface area contributed by atoms with Crippen LogP contribution in [0.3, 0.4) is 0 Å². The van der Waals surface area contributed by atoms with E-state index in [-0.39, 0.29) is 11.8 Å². The minimum atomic E-state index is -0.401. The van der Waals surface area contributed by atoms with Gasteiger partial charge in [0.1, 0.15) is 0 Å². The van der Waals surface area contributed by atoms with Crippen molar-refractivity contribution in [3.05, 3.63) is 29.8 Å². The summed E-state index contributed by atoms with van der Waals surface area (Å²) in [6.07, 6.45) is 3.91. The van der Waals surface area contributed by atoms with Crippen molar-refractivity contribution in [2.45, 2.75) is 38.0 Å². The Morgan fingerprint density at radius 3 is 2.53 bits per heavy atom. The first-order chi connectivity index (χ1) is 8.17. The summed E-state index contributed by atoms with van der Waals surface area (Å²) in [5, 5.41) is 0. The Labute approximate surface area is 100 Å². The Hall–Kier alpha value is -1.64. The van der Waals surface area contributed by atoms with E-state index < -0.39 is 5.41 Å². The summed E-state index contributed by atoms with van der Waals surface area (Å²) in [4.78, 5) is 25.6. The maximum atomic E-state index is 12.5. The number of rotatable bonds is 0. The quantitative estimate of drug-likeness (QED) is 0.685. The number of benzene rings is 1. The van der Waals surface area contributed by atoms with E-state index in [2.05, 4.69) is 0 Å². The van der Waals surface area contributed by atoms with Crippen LogP contribution in [0.1, 0.15) is 38.2 Å². The Morgan fingerprint density at radius 2 is 1.88 bits per heavy atom. The molecule has 0 radical (unpaired) electrons. The molecule has 2 aliphatic rings. The summed E-state index contributed by atoms with van der Waals surface area (Å²) in [5.41, 5.74) is 1.45. The van der Waals surface area contributed by atoms with E-state index in [0.29, 0.717) is 0 Å². The molecule has 3 nitrogen and oxygen atoms in total. The molecule has 88 valence electrons. The first-order valence-corrected chi connectivity index (χ1v) is 6.11. The third kappa shape index (κ3) is 1.22. The molecule has 0 bridgehead atoms. The van der Waals surface area contributed by atoms with Gasteiger partial charge in [0, 0.05) is 6.92 Å². The number of imide groups is 1. The van der Waals surface area contributed by atoms with Crippen LogP contribution in [0.5, 0.6) is 0 Å². The molecule has 1 heterocycles. The number of para-hydroxylation sites is 1. The molecule has 1 aliphatic heterocycles. The van der Waals surface area contributed by atoms with E-state index in [9.17, 15) is 9.59 Å². The number of amides is 2. The van der Waals surface area contributed by atoms with Gasteiger partial charge >= 0.3 is 0 Å². The number of carbonyl (C=O) groups excluding carboxylic acids is 2. The van der Waals surface area contributed by atoms with Gasteiger partial charge in [-0.25, -0.2) is 4.90 Å². The average Bonchev–Trinajstić information content (AvgIpc) is 2.87. The second-order valence-corrected chi connectivity index (χ2v) is 4.97. The lowest BCUT2D eigenvalue weighted by molar-refractivity contribution is -0.128. The highest BCUT2D eigenvalue weighted by atomic mass is 16.2. The van der Waals surface area contributed by atoms with E-state index >= 15 is 0 Å². The normalized spacial score (nSPS) is 21.0. The Morgan fingerprint density at radius 1 is 1.24 bits per heavy atom. The van der Waals surface area contributed by atoms with Crippen molar-refractivity contribution in [3.63, 3.8) is 0 Å². The average molecular weight is 229 g/mol. The second-order valence-electron chi connectivity index (χ2n) is 4.97. The van der Waals surface area contributed by atoms with Crippen LogP contribution in [0.25, 0.3) is 0 Å². The summed E-state index contributed by atoms with van der Waals surface area (Å²) >= 11 is 0. The molecule has 1 spiro atoms. The van der Waals surface area contributed by atoms with Crippen LogP contribution in [0.2, 0.25) is 0 Å². The van der Waals surface area contributed by atoms with Gasteiger partial charge in [0.05, 0.1) is 11.1 Å². The zero-order valence-electron chi connectivity index (χ0n) is 9.90. The second kappa shape index (κ2) is 3.42. The predicted octanol–water partition coefficient (Wildman–Crippen LogP) is 2.39. The lowest BCUT2D eigenvalue weighted by Crippen LogP contribution is -2.40. The summed E-state index contributed by atoms with van der Waals surface area (Å²) < 4.78 is 0. The molecule has 17 heavy (non-hydrogen) atoms. The highest BCUT2D eigenvalue weighted by Crippen LogP contribution is 2.51. The van der Waals surface area contributed by atoms with Crippen molar-refractivity contribution in [1.82, 2.24) is 0 Å². The van der Waals surface area contributed by atoms with Crippen LogP contribution in [0, 0.1) is 0 Å². The number of hydrogen-bond donors (Lipinski definition) is 0. The smallest absolute Gasteiger partial charge is 0.244 e. The third-order valence-electron chi connectivity index (χ3n) is 4.04. The number of fused-ring (bicyclic) bond motifs is 2. The van der Waals surface area contributed by atoms with Crippen LogP contribution in [-0.4, -0.2) is 11.8 Å². The molecular weight excluding hydrogens is 214 g/mol. The van der Waals surface area contributed by atoms with Crippen molar-refractivity contribution < 1.29 is 9.59 Å². The molecule has 1 aromatic rings. The van der Waals surface area contributed by atoms with Gasteiger partial charge < -0.3 is 0 Å². The first kappa shape index (κ1) is 10.5. The van der Waals surface area contributed by atoms with Gasteiger partial charge in [-0.15, -0.1) is 0 Å². The molecule has 0 N–H and O–H groups in total. The van der Waals surface area contributed by atoms with Crippen molar-refractivity contribution in [2.75, 3.05) is 4.90 Å². The SMILES string of the molecule is CC(=O)N1C(=O)C2(CCCC2)c2ccccc21. The molecule has 0 atom stereocenters. The van der Waals surface area contributed by atoms with E-state index in [1.807, 2.05) is 24.3 Å². The highest BCUT2D eigenvalue weighted by Gasteiger charge is 2.52. The maximum absolute atomic E-state index is 12.5. The standard InChI is InChI=1S/C14H15NO2/c1-10(16)15-12-7-3-2-6-11(12)14(13(15)17)8-4-5-9-14/h2-3,6-7H,4-5,8-9H2,1H3. The van der Waals surface area contributed by atoms with Crippen LogP contribution in [0.15, 0.2) is 24.3 Å². The van der Waals surface area contributed by atoms with Crippen LogP contribution >= 0.6 is 0 Å². The van der Waals surface area contributed by atoms with Crippen molar-refractivity contribution in [1.29, 1.82) is 0 Å². The fraction of sp³-hybridized carbons (Fsp3) is 0.429. The van der Waals surface area contributed by atoms with E-state index in [4.69, 9.17) is 0 Å². The summed E-state index contributed by atoms with van der Waals surface area (Å²) in [6.45, 7) is 1.46. The molecule has 0 aromatic heterocycles. The molecule has 0 unspecified atom stereocenters. The molecule has 1 aliphatic carbocycles. The van der Waals surface area contributed by atoms with Gasteiger partial charge in [0.15, 0.2) is 0 Å². The minimum Gasteiger partial charge on any atom is -0.274 e. The van der Waals surface area contributed by atoms with Crippen LogP contribution < -0.4 is 4.90 Å². The topological polar surface area (TPSA) is 37.4 Å². The summed E-state index contributed by atoms with van der Waals surface area (Å²) in [6, 6.07) is 7.72. The fourth-order valence-electron chi connectivity index (χ4n) is 3.29. The van der Waals surface area contributed by atoms with E-state index in [1.165, 1.54) is 11.8 Å². The molecule has 1 fully saturated rings. The predicted molar refractivity (Wildman–Crippen MR) is 64.8 cm³/mol. The maximum Gasteiger partial charge on any atom is 0.244 e. The van der Waals surface area contributed by atoms with E-state index in [0.717, 1.165) is 36.9 Å². The van der Waals surface area contributed by atoms with Gasteiger partial charge in [-0.05, 0) is 24.5 Å². The van der Waals surface area contributed by atoms with Gasteiger partial charge in [-0.1, -0.05) is 31.0 Å². The monoisotopic (exact) mass is 229 g/mol. The molecule has 2 amide bonds. The Kier molecular flexibility index (Phi) is 2.12. The number of carbonyl (C=O) groups is 2. The van der Waals surface area contributed by atoms with Crippen molar-refractivity contribution in [3.8, 4) is 0 Å². The number of nitrogens with zero attached hydrogens (tertiary/aromatic N) is 1. The molecular formula is C14H15NO2. The molecule has 1 aromatic carbocycles. The van der Waals surface area contributed by atoms with Gasteiger partial charge in [0.2, 0.25) is 11.8 Å². The zero-order chi connectivity index (χ0) is 12.0. The van der Waals surface area contributed by atoms with Gasteiger partial charge in [0.25, 0.3) is 0 Å². The minimum absolute atomic E-state index is 0.0105. The zero-order valence-corrected chi connectivity index (χ0v) is 9.90. The largest absolute Gasteiger partial charge is 0.274 e. The van der Waals surface area contributed by atoms with E-state index in [1.54, 1.807) is 0 Å². The highest BCUT2D eigenvalue weighted by molar-refractivity contribution is 6.22. The lowest BCUT2D eigenvalue weighted by atomic mass is 9.80. The van der Waals surface area contributed by atoms with Gasteiger partial charge in [-0.3, -0.25) is 9.59 Å². The number of hydrogen-bond acceptors (Lipinski definition) is 2. The van der Waals surface area contributed by atoms with Crippen LogP contribution in [-0.2, 0) is 15.0 Å². The van der Waals surface area contributed by atoms with Crippen molar-refractivity contribution >= 4 is 17.5 Å².